The zero-order valence-corrected chi connectivity index (χ0v) is 10.1. The first-order chi connectivity index (χ1) is 8.67. The second-order valence-corrected chi connectivity index (χ2v) is 3.68. The van der Waals surface area contributed by atoms with Gasteiger partial charge in [-0.2, -0.15) is 0 Å². The Kier molecular flexibility index (Phi) is 5.80. The maximum absolute atomic E-state index is 12.7. The van der Waals surface area contributed by atoms with Crippen molar-refractivity contribution in [1.29, 1.82) is 0 Å². The number of aliphatic hydroxyl groups is 1. The highest BCUT2D eigenvalue weighted by molar-refractivity contribution is 5.91. The molecule has 0 atom stereocenters. The van der Waals surface area contributed by atoms with E-state index in [0.717, 1.165) is 5.56 Å². The predicted molar refractivity (Wildman–Crippen MR) is 69.3 cm³/mol. The maximum atomic E-state index is 12.7. The summed E-state index contributed by atoms with van der Waals surface area (Å²) in [5, 5.41) is 8.83. The molecule has 4 heteroatoms. The summed E-state index contributed by atoms with van der Waals surface area (Å²) in [6.45, 7) is 4.10. The molecule has 3 nitrogen and oxygen atoms in total. The van der Waals surface area contributed by atoms with Gasteiger partial charge in [-0.05, 0) is 23.8 Å². The van der Waals surface area contributed by atoms with Crippen LogP contribution in [0.2, 0.25) is 0 Å². The minimum atomic E-state index is -0.313. The second-order valence-electron chi connectivity index (χ2n) is 3.68. The van der Waals surface area contributed by atoms with Crippen molar-refractivity contribution < 1.29 is 14.3 Å². The summed E-state index contributed by atoms with van der Waals surface area (Å²) in [6, 6.07) is 5.84. The SMILES string of the molecule is C=CCN(CCO)C(=O)/C=C/c1ccc(F)cc1. The Labute approximate surface area is 106 Å². The third-order valence-corrected chi connectivity index (χ3v) is 2.32. The van der Waals surface area contributed by atoms with E-state index in [0.29, 0.717) is 6.54 Å². The van der Waals surface area contributed by atoms with E-state index in [9.17, 15) is 9.18 Å². The average Bonchev–Trinajstić information content (AvgIpc) is 2.37. The van der Waals surface area contributed by atoms with E-state index in [1.54, 1.807) is 24.3 Å². The zero-order valence-electron chi connectivity index (χ0n) is 10.1. The van der Waals surface area contributed by atoms with Crippen molar-refractivity contribution in [2.24, 2.45) is 0 Å². The maximum Gasteiger partial charge on any atom is 0.246 e. The van der Waals surface area contributed by atoms with Crippen LogP contribution in [0, 0.1) is 5.82 Å². The number of hydrogen-bond acceptors (Lipinski definition) is 2. The lowest BCUT2D eigenvalue weighted by Gasteiger charge is -2.17. The fourth-order valence-electron chi connectivity index (χ4n) is 1.41. The van der Waals surface area contributed by atoms with Gasteiger partial charge < -0.3 is 10.0 Å². The molecular weight excluding hydrogens is 233 g/mol. The fraction of sp³-hybridized carbons (Fsp3) is 0.214. The Bertz CT molecular complexity index is 426. The molecule has 0 aromatic heterocycles. The van der Waals surface area contributed by atoms with Gasteiger partial charge in [0.25, 0.3) is 0 Å². The van der Waals surface area contributed by atoms with Crippen LogP contribution in [0.25, 0.3) is 6.08 Å². The second kappa shape index (κ2) is 7.40. The number of aliphatic hydroxyl groups excluding tert-OH is 1. The van der Waals surface area contributed by atoms with E-state index < -0.39 is 0 Å². The summed E-state index contributed by atoms with van der Waals surface area (Å²) in [4.78, 5) is 13.2. The van der Waals surface area contributed by atoms with E-state index in [4.69, 9.17) is 5.11 Å². The molecule has 0 aliphatic carbocycles. The van der Waals surface area contributed by atoms with Crippen LogP contribution in [0.3, 0.4) is 0 Å². The molecule has 0 heterocycles. The molecule has 1 rings (SSSR count). The van der Waals surface area contributed by atoms with E-state index >= 15 is 0 Å². The Balaban J connectivity index is 2.66. The van der Waals surface area contributed by atoms with E-state index in [2.05, 4.69) is 6.58 Å². The number of carbonyl (C=O) groups is 1. The Hall–Kier alpha value is -1.94. The van der Waals surface area contributed by atoms with Gasteiger partial charge in [-0.1, -0.05) is 18.2 Å². The van der Waals surface area contributed by atoms with Gasteiger partial charge in [0.1, 0.15) is 5.82 Å². The molecule has 0 bridgehead atoms. The lowest BCUT2D eigenvalue weighted by atomic mass is 10.2. The van der Waals surface area contributed by atoms with Gasteiger partial charge in [-0.15, -0.1) is 6.58 Å². The van der Waals surface area contributed by atoms with Crippen LogP contribution >= 0.6 is 0 Å². The lowest BCUT2D eigenvalue weighted by molar-refractivity contribution is -0.125. The van der Waals surface area contributed by atoms with Crippen LogP contribution in [0.5, 0.6) is 0 Å². The molecule has 0 saturated heterocycles. The minimum absolute atomic E-state index is 0.0933. The first-order valence-corrected chi connectivity index (χ1v) is 5.61. The average molecular weight is 249 g/mol. The number of halogens is 1. The monoisotopic (exact) mass is 249 g/mol. The molecule has 0 fully saturated rings. The highest BCUT2D eigenvalue weighted by Crippen LogP contribution is 2.05. The van der Waals surface area contributed by atoms with Crippen LogP contribution in [0.1, 0.15) is 5.56 Å². The van der Waals surface area contributed by atoms with Gasteiger partial charge >= 0.3 is 0 Å². The largest absolute Gasteiger partial charge is 0.395 e. The van der Waals surface area contributed by atoms with Gasteiger partial charge in [0.05, 0.1) is 6.61 Å². The highest BCUT2D eigenvalue weighted by Gasteiger charge is 2.07. The Morgan fingerprint density at radius 2 is 2.06 bits per heavy atom. The van der Waals surface area contributed by atoms with Gasteiger partial charge in [0, 0.05) is 19.2 Å². The van der Waals surface area contributed by atoms with Crippen molar-refractivity contribution in [2.45, 2.75) is 0 Å². The van der Waals surface area contributed by atoms with Crippen LogP contribution in [0.4, 0.5) is 4.39 Å². The van der Waals surface area contributed by atoms with Crippen LogP contribution in [0.15, 0.2) is 43.0 Å². The topological polar surface area (TPSA) is 40.5 Å². The van der Waals surface area contributed by atoms with Gasteiger partial charge in [0.15, 0.2) is 0 Å². The summed E-state index contributed by atoms with van der Waals surface area (Å²) in [6.07, 6.45) is 4.60. The van der Waals surface area contributed by atoms with Crippen LogP contribution in [-0.4, -0.2) is 35.6 Å². The molecule has 18 heavy (non-hydrogen) atoms. The first-order valence-electron chi connectivity index (χ1n) is 5.61. The van der Waals surface area contributed by atoms with Crippen molar-refractivity contribution in [2.75, 3.05) is 19.7 Å². The molecule has 0 spiro atoms. The number of benzene rings is 1. The molecule has 1 aromatic rings. The molecule has 0 unspecified atom stereocenters. The summed E-state index contributed by atoms with van der Waals surface area (Å²) < 4.78 is 12.7. The summed E-state index contributed by atoms with van der Waals surface area (Å²) >= 11 is 0. The standard InChI is InChI=1S/C14H16FNO2/c1-2-9-16(10-11-17)14(18)8-5-12-3-6-13(15)7-4-12/h2-8,17H,1,9-11H2/b8-5+. The van der Waals surface area contributed by atoms with Crippen molar-refractivity contribution in [3.8, 4) is 0 Å². The lowest BCUT2D eigenvalue weighted by Crippen LogP contribution is -2.32. The van der Waals surface area contributed by atoms with E-state index in [1.165, 1.54) is 23.1 Å². The van der Waals surface area contributed by atoms with Gasteiger partial charge in [-0.25, -0.2) is 4.39 Å². The van der Waals surface area contributed by atoms with Crippen molar-refractivity contribution in [3.05, 3.63) is 54.4 Å². The van der Waals surface area contributed by atoms with Crippen molar-refractivity contribution >= 4 is 12.0 Å². The number of rotatable bonds is 6. The van der Waals surface area contributed by atoms with Crippen molar-refractivity contribution in [3.63, 3.8) is 0 Å². The Morgan fingerprint density at radius 3 is 2.61 bits per heavy atom. The number of amides is 1. The summed E-state index contributed by atoms with van der Waals surface area (Å²) in [5.74, 6) is -0.527. The molecule has 0 saturated carbocycles. The van der Waals surface area contributed by atoms with Crippen LogP contribution in [-0.2, 0) is 4.79 Å². The third kappa shape index (κ3) is 4.51. The predicted octanol–water partition coefficient (Wildman–Crippen LogP) is 1.85. The highest BCUT2D eigenvalue weighted by atomic mass is 19.1. The number of carbonyl (C=O) groups excluding carboxylic acids is 1. The first kappa shape index (κ1) is 14.1. The molecule has 1 amide bonds. The third-order valence-electron chi connectivity index (χ3n) is 2.32. The molecule has 0 radical (unpaired) electrons. The molecule has 1 aromatic carbocycles. The van der Waals surface area contributed by atoms with Gasteiger partial charge in [-0.3, -0.25) is 4.79 Å². The molecule has 0 aliphatic heterocycles. The van der Waals surface area contributed by atoms with Crippen LogP contribution < -0.4 is 0 Å². The normalized spacial score (nSPS) is 10.6. The molecule has 0 aliphatic rings. The fourth-order valence-corrected chi connectivity index (χ4v) is 1.41. The van der Waals surface area contributed by atoms with Crippen molar-refractivity contribution in [1.82, 2.24) is 4.90 Å². The smallest absolute Gasteiger partial charge is 0.246 e. The Morgan fingerprint density at radius 1 is 1.39 bits per heavy atom. The quantitative estimate of drug-likeness (QED) is 0.617. The summed E-state index contributed by atoms with van der Waals surface area (Å²) in [7, 11) is 0. The zero-order chi connectivity index (χ0) is 13.4. The minimum Gasteiger partial charge on any atom is -0.395 e. The van der Waals surface area contributed by atoms with Gasteiger partial charge in [0.2, 0.25) is 5.91 Å². The van der Waals surface area contributed by atoms with E-state index in [-0.39, 0.29) is 24.9 Å². The van der Waals surface area contributed by atoms with E-state index in [1.807, 2.05) is 0 Å². The number of hydrogen-bond donors (Lipinski definition) is 1. The molecule has 1 N–H and O–H groups in total. The molecule has 96 valence electrons. The number of nitrogens with zero attached hydrogens (tertiary/aromatic N) is 1. The summed E-state index contributed by atoms with van der Waals surface area (Å²) in [5.41, 5.74) is 0.743. The molecular formula is C14H16FNO2.